The maximum Gasteiger partial charge on any atom is 0.411 e. The molecule has 1 saturated heterocycles. The van der Waals surface area contributed by atoms with Crippen LogP contribution in [0.1, 0.15) is 6.42 Å². The van der Waals surface area contributed by atoms with Crippen molar-refractivity contribution in [3.05, 3.63) is 0 Å². The van der Waals surface area contributed by atoms with Gasteiger partial charge in [0.2, 0.25) is 5.91 Å². The second kappa shape index (κ2) is 7.91. The zero-order valence-electron chi connectivity index (χ0n) is 10.6. The summed E-state index contributed by atoms with van der Waals surface area (Å²) in [5, 5.41) is 0. The molecule has 0 aromatic carbocycles. The van der Waals surface area contributed by atoms with Gasteiger partial charge in [-0.2, -0.15) is 13.2 Å². The minimum atomic E-state index is -4.34. The Morgan fingerprint density at radius 3 is 2.37 bits per heavy atom. The third-order valence-electron chi connectivity index (χ3n) is 2.85. The minimum Gasteiger partial charge on any atom is -0.372 e. The molecule has 0 aromatic heterocycles. The van der Waals surface area contributed by atoms with Crippen LogP contribution < -0.4 is 0 Å². The molecular weight excluding hydrogens is 285 g/mol. The van der Waals surface area contributed by atoms with Gasteiger partial charge in [0.15, 0.2) is 0 Å². The van der Waals surface area contributed by atoms with Crippen LogP contribution in [0.5, 0.6) is 0 Å². The highest BCUT2D eigenvalue weighted by Gasteiger charge is 2.27. The molecule has 0 unspecified atom stereocenters. The molecule has 0 aromatic rings. The molecule has 0 N–H and O–H groups in total. The van der Waals surface area contributed by atoms with Gasteiger partial charge in [0.25, 0.3) is 0 Å². The van der Waals surface area contributed by atoms with Crippen molar-refractivity contribution in [1.29, 1.82) is 0 Å². The van der Waals surface area contributed by atoms with Crippen molar-refractivity contribution in [2.75, 3.05) is 51.8 Å². The quantitative estimate of drug-likeness (QED) is 0.548. The molecule has 1 heterocycles. The molecule has 1 amide bonds. The topological polar surface area (TPSA) is 32.8 Å². The molecular formula is C11H18ClF3N2O2. The number of hydrogen-bond donors (Lipinski definition) is 0. The predicted molar refractivity (Wildman–Crippen MR) is 65.2 cm³/mol. The standard InChI is InChI=1S/C11H18ClF3N2O2/c12-2-3-16-4-6-17(7-5-16)10(18)1-8-19-9-11(13,14)15/h1-9H2. The van der Waals surface area contributed by atoms with Gasteiger partial charge in [-0.25, -0.2) is 0 Å². The summed E-state index contributed by atoms with van der Waals surface area (Å²) < 4.78 is 39.9. The fourth-order valence-electron chi connectivity index (χ4n) is 1.85. The third kappa shape index (κ3) is 6.98. The van der Waals surface area contributed by atoms with Gasteiger partial charge in [-0.1, -0.05) is 0 Å². The molecule has 0 aliphatic carbocycles. The van der Waals surface area contributed by atoms with E-state index in [0.29, 0.717) is 19.0 Å². The highest BCUT2D eigenvalue weighted by atomic mass is 35.5. The van der Waals surface area contributed by atoms with Crippen molar-refractivity contribution in [3.8, 4) is 0 Å². The summed E-state index contributed by atoms with van der Waals surface area (Å²) in [6, 6.07) is 0. The summed E-state index contributed by atoms with van der Waals surface area (Å²) in [4.78, 5) is 15.5. The van der Waals surface area contributed by atoms with Gasteiger partial charge in [-0.05, 0) is 0 Å². The molecule has 0 spiro atoms. The van der Waals surface area contributed by atoms with E-state index in [-0.39, 0.29) is 18.9 Å². The lowest BCUT2D eigenvalue weighted by molar-refractivity contribution is -0.175. The Hall–Kier alpha value is -0.530. The smallest absolute Gasteiger partial charge is 0.372 e. The first-order valence-corrected chi connectivity index (χ1v) is 6.66. The summed E-state index contributed by atoms with van der Waals surface area (Å²) >= 11 is 5.62. The normalized spacial score (nSPS) is 17.8. The van der Waals surface area contributed by atoms with Crippen LogP contribution in [0.4, 0.5) is 13.2 Å². The fourth-order valence-corrected chi connectivity index (χ4v) is 2.08. The third-order valence-corrected chi connectivity index (χ3v) is 3.02. The van der Waals surface area contributed by atoms with E-state index >= 15 is 0 Å². The average Bonchev–Trinajstić information content (AvgIpc) is 2.34. The van der Waals surface area contributed by atoms with Gasteiger partial charge < -0.3 is 9.64 Å². The summed E-state index contributed by atoms with van der Waals surface area (Å²) in [5.74, 6) is 0.395. The van der Waals surface area contributed by atoms with Gasteiger partial charge in [0.1, 0.15) is 6.61 Å². The molecule has 0 bridgehead atoms. The van der Waals surface area contributed by atoms with Crippen LogP contribution in [0.25, 0.3) is 0 Å². The first kappa shape index (κ1) is 16.5. The Balaban J connectivity index is 2.14. The van der Waals surface area contributed by atoms with Gasteiger partial charge >= 0.3 is 6.18 Å². The number of halogens is 4. The molecule has 1 aliphatic rings. The SMILES string of the molecule is O=C(CCOCC(F)(F)F)N1CCN(CCCl)CC1. The average molecular weight is 303 g/mol. The first-order valence-electron chi connectivity index (χ1n) is 6.13. The molecule has 112 valence electrons. The Kier molecular flexibility index (Phi) is 6.88. The van der Waals surface area contributed by atoms with Crippen LogP contribution in [-0.2, 0) is 9.53 Å². The van der Waals surface area contributed by atoms with Crippen LogP contribution >= 0.6 is 11.6 Å². The van der Waals surface area contributed by atoms with Crippen LogP contribution in [-0.4, -0.2) is 73.7 Å². The number of alkyl halides is 4. The predicted octanol–water partition coefficient (Wildman–Crippen LogP) is 1.34. The molecule has 4 nitrogen and oxygen atoms in total. The van der Waals surface area contributed by atoms with E-state index in [9.17, 15) is 18.0 Å². The van der Waals surface area contributed by atoms with E-state index in [1.165, 1.54) is 0 Å². The van der Waals surface area contributed by atoms with Crippen molar-refractivity contribution in [1.82, 2.24) is 9.80 Å². The molecule has 0 atom stereocenters. The van der Waals surface area contributed by atoms with E-state index in [1.54, 1.807) is 4.90 Å². The minimum absolute atomic E-state index is 0.00835. The van der Waals surface area contributed by atoms with Crippen LogP contribution in [0, 0.1) is 0 Å². The Morgan fingerprint density at radius 2 is 1.84 bits per heavy atom. The molecule has 8 heteroatoms. The van der Waals surface area contributed by atoms with Crippen molar-refractivity contribution >= 4 is 17.5 Å². The van der Waals surface area contributed by atoms with Crippen molar-refractivity contribution in [2.45, 2.75) is 12.6 Å². The second-order valence-electron chi connectivity index (χ2n) is 4.33. The lowest BCUT2D eigenvalue weighted by Crippen LogP contribution is -2.49. The highest BCUT2D eigenvalue weighted by Crippen LogP contribution is 2.14. The molecule has 1 aliphatic heterocycles. The number of nitrogens with zero attached hydrogens (tertiary/aromatic N) is 2. The number of amides is 1. The largest absolute Gasteiger partial charge is 0.411 e. The number of carbonyl (C=O) groups is 1. The van der Waals surface area contributed by atoms with Gasteiger partial charge in [-0.3, -0.25) is 9.69 Å². The lowest BCUT2D eigenvalue weighted by Gasteiger charge is -2.34. The van der Waals surface area contributed by atoms with E-state index in [0.717, 1.165) is 19.6 Å². The van der Waals surface area contributed by atoms with Crippen molar-refractivity contribution in [2.24, 2.45) is 0 Å². The summed E-state index contributed by atoms with van der Waals surface area (Å²) in [7, 11) is 0. The van der Waals surface area contributed by atoms with Crippen LogP contribution in [0.15, 0.2) is 0 Å². The fraction of sp³-hybridized carbons (Fsp3) is 0.909. The number of ether oxygens (including phenoxy) is 1. The molecule has 1 fully saturated rings. The van der Waals surface area contributed by atoms with E-state index in [4.69, 9.17) is 11.6 Å². The van der Waals surface area contributed by atoms with Crippen LogP contribution in [0.2, 0.25) is 0 Å². The number of carbonyl (C=O) groups excluding carboxylic acids is 1. The monoisotopic (exact) mass is 302 g/mol. The van der Waals surface area contributed by atoms with Gasteiger partial charge in [0.05, 0.1) is 13.0 Å². The van der Waals surface area contributed by atoms with E-state index < -0.39 is 12.8 Å². The van der Waals surface area contributed by atoms with Crippen molar-refractivity contribution < 1.29 is 22.7 Å². The molecule has 0 radical (unpaired) electrons. The highest BCUT2D eigenvalue weighted by molar-refractivity contribution is 6.18. The summed E-state index contributed by atoms with van der Waals surface area (Å²) in [6.45, 7) is 1.98. The first-order chi connectivity index (χ1) is 8.92. The van der Waals surface area contributed by atoms with Crippen LogP contribution in [0.3, 0.4) is 0 Å². The Bertz CT molecular complexity index is 282. The number of rotatable bonds is 6. The molecule has 0 saturated carbocycles. The Morgan fingerprint density at radius 1 is 1.21 bits per heavy atom. The maximum absolute atomic E-state index is 11.8. The molecule has 19 heavy (non-hydrogen) atoms. The lowest BCUT2D eigenvalue weighted by atomic mass is 10.3. The van der Waals surface area contributed by atoms with Gasteiger partial charge in [0, 0.05) is 38.6 Å². The van der Waals surface area contributed by atoms with Crippen molar-refractivity contribution in [3.63, 3.8) is 0 Å². The van der Waals surface area contributed by atoms with E-state index in [1.807, 2.05) is 0 Å². The number of piperazine rings is 1. The zero-order valence-corrected chi connectivity index (χ0v) is 11.3. The number of hydrogen-bond acceptors (Lipinski definition) is 3. The summed E-state index contributed by atoms with van der Waals surface area (Å²) in [5.41, 5.74) is 0. The molecule has 1 rings (SSSR count). The maximum atomic E-state index is 11.8. The second-order valence-corrected chi connectivity index (χ2v) is 4.71. The zero-order chi connectivity index (χ0) is 14.3. The van der Waals surface area contributed by atoms with E-state index in [2.05, 4.69) is 9.64 Å². The van der Waals surface area contributed by atoms with Gasteiger partial charge in [-0.15, -0.1) is 11.6 Å². The Labute approximate surface area is 115 Å². The summed E-state index contributed by atoms with van der Waals surface area (Å²) in [6.07, 6.45) is -4.35.